The predicted molar refractivity (Wildman–Crippen MR) is 60.8 cm³/mol. The Hall–Kier alpha value is 0.354. The van der Waals surface area contributed by atoms with E-state index in [1.54, 1.807) is 0 Å². The molecule has 0 atom stereocenters. The fraction of sp³-hybridized carbons (Fsp3) is 1.00. The van der Waals surface area contributed by atoms with Gasteiger partial charge < -0.3 is 8.54 Å². The molecule has 0 heterocycles. The maximum absolute atomic E-state index is 6.06. The van der Waals surface area contributed by atoms with Crippen LogP contribution in [0.15, 0.2) is 0 Å². The molecule has 4 heteroatoms. The average Bonchev–Trinajstić information content (AvgIpc) is 2.34. The smallest absolute Gasteiger partial charge is 0.321 e. The first kappa shape index (κ1) is 11.4. The van der Waals surface area contributed by atoms with Crippen molar-refractivity contribution in [1.82, 2.24) is 0 Å². The molecule has 1 saturated carbocycles. The molecule has 0 aromatic rings. The zero-order valence-corrected chi connectivity index (χ0v) is 11.5. The van der Waals surface area contributed by atoms with Crippen molar-refractivity contribution in [2.24, 2.45) is 0 Å². The summed E-state index contributed by atoms with van der Waals surface area (Å²) in [6.07, 6.45) is 5.69. The van der Waals surface area contributed by atoms with Crippen LogP contribution in [-0.2, 0) is 8.54 Å². The van der Waals surface area contributed by atoms with E-state index in [0.29, 0.717) is 6.10 Å². The maximum atomic E-state index is 6.06. The molecule has 0 spiro atoms. The fourth-order valence-corrected chi connectivity index (χ4v) is 7.80. The van der Waals surface area contributed by atoms with Gasteiger partial charge in [-0.05, 0) is 39.0 Å². The van der Waals surface area contributed by atoms with Crippen LogP contribution in [0.1, 0.15) is 25.7 Å². The Balaban J connectivity index is 2.31. The number of hydrogen-bond donors (Lipinski definition) is 0. The minimum atomic E-state index is -1.77. The predicted octanol–water partition coefficient (Wildman–Crippen LogP) is 2.65. The van der Waals surface area contributed by atoms with E-state index < -0.39 is 17.6 Å². The molecule has 0 N–H and O–H groups in total. The van der Waals surface area contributed by atoms with E-state index >= 15 is 0 Å². The molecule has 0 amide bonds. The summed E-state index contributed by atoms with van der Waals surface area (Å²) in [7, 11) is -2.69. The van der Waals surface area contributed by atoms with Gasteiger partial charge in [0.1, 0.15) is 0 Å². The van der Waals surface area contributed by atoms with Crippen molar-refractivity contribution in [3.05, 3.63) is 0 Å². The monoisotopic (exact) mass is 218 g/mol. The molecule has 2 nitrogen and oxygen atoms in total. The zero-order chi connectivity index (χ0) is 9.90. The van der Waals surface area contributed by atoms with E-state index in [-0.39, 0.29) is 0 Å². The Bertz CT molecular complexity index is 154. The highest BCUT2D eigenvalue weighted by Crippen LogP contribution is 2.24. The number of hydrogen-bond acceptors (Lipinski definition) is 2. The molecular formula is C9H22O2Si2. The van der Waals surface area contributed by atoms with Crippen LogP contribution >= 0.6 is 0 Å². The lowest BCUT2D eigenvalue weighted by Crippen LogP contribution is -2.41. The Kier molecular flexibility index (Phi) is 4.16. The molecule has 0 radical (unpaired) electrons. The normalized spacial score (nSPS) is 20.1. The topological polar surface area (TPSA) is 18.5 Å². The van der Waals surface area contributed by atoms with Gasteiger partial charge in [-0.1, -0.05) is 12.8 Å². The highest BCUT2D eigenvalue weighted by atomic mass is 28.4. The Labute approximate surface area is 84.6 Å². The molecule has 1 aliphatic carbocycles. The molecule has 0 aliphatic heterocycles. The summed E-state index contributed by atoms with van der Waals surface area (Å²) in [5, 5.41) is 0. The fourth-order valence-electron chi connectivity index (χ4n) is 2.00. The summed E-state index contributed by atoms with van der Waals surface area (Å²) in [5.41, 5.74) is 0. The van der Waals surface area contributed by atoms with Gasteiger partial charge in [0.05, 0.1) is 0 Å². The third-order valence-corrected chi connectivity index (χ3v) is 7.33. The van der Waals surface area contributed by atoms with Gasteiger partial charge in [0.2, 0.25) is 0 Å². The molecule has 13 heavy (non-hydrogen) atoms. The van der Waals surface area contributed by atoms with Gasteiger partial charge in [0, 0.05) is 6.10 Å². The van der Waals surface area contributed by atoms with E-state index in [9.17, 15) is 0 Å². The Morgan fingerprint density at radius 3 is 2.15 bits per heavy atom. The van der Waals surface area contributed by atoms with Gasteiger partial charge in [0.25, 0.3) is 0 Å². The summed E-state index contributed by atoms with van der Waals surface area (Å²) < 4.78 is 12.0. The lowest BCUT2D eigenvalue weighted by atomic mass is 10.3. The van der Waals surface area contributed by atoms with E-state index in [1.165, 1.54) is 25.7 Å². The summed E-state index contributed by atoms with van der Waals surface area (Å²) in [5.74, 6) is 0. The van der Waals surface area contributed by atoms with Crippen LogP contribution in [0.4, 0.5) is 0 Å². The Morgan fingerprint density at radius 2 is 1.69 bits per heavy atom. The van der Waals surface area contributed by atoms with E-state index in [2.05, 4.69) is 26.2 Å². The summed E-state index contributed by atoms with van der Waals surface area (Å²) in [6, 6.07) is 0. The minimum Gasteiger partial charge on any atom is -0.439 e. The molecule has 0 aromatic heterocycles. The lowest BCUT2D eigenvalue weighted by Gasteiger charge is -2.28. The first-order valence-electron chi connectivity index (χ1n) is 5.35. The number of rotatable bonds is 4. The lowest BCUT2D eigenvalue weighted by molar-refractivity contribution is 0.163. The molecular weight excluding hydrogens is 196 g/mol. The second-order valence-electron chi connectivity index (χ2n) is 4.59. The second kappa shape index (κ2) is 4.73. The highest BCUT2D eigenvalue weighted by Gasteiger charge is 2.30. The third kappa shape index (κ3) is 4.40. The first-order valence-corrected chi connectivity index (χ1v) is 10.9. The third-order valence-electron chi connectivity index (χ3n) is 2.27. The first-order chi connectivity index (χ1) is 5.99. The molecule has 0 saturated heterocycles. The van der Waals surface area contributed by atoms with Crippen molar-refractivity contribution in [2.45, 2.75) is 58.0 Å². The van der Waals surface area contributed by atoms with Crippen LogP contribution in [0.2, 0.25) is 26.2 Å². The molecule has 0 bridgehead atoms. The standard InChI is InChI=1S/C9H22O2Si2/c1-12(2)11-13(3,4)10-9-7-5-6-8-9/h9,12H,5-8H2,1-4H3. The molecule has 1 rings (SSSR count). The SMILES string of the molecule is C[SiH](C)O[Si](C)(C)OC1CCCC1. The van der Waals surface area contributed by atoms with Crippen molar-refractivity contribution in [1.29, 1.82) is 0 Å². The van der Waals surface area contributed by atoms with Gasteiger partial charge in [-0.2, -0.15) is 0 Å². The van der Waals surface area contributed by atoms with Crippen molar-refractivity contribution >= 4 is 17.6 Å². The largest absolute Gasteiger partial charge is 0.439 e. The van der Waals surface area contributed by atoms with Gasteiger partial charge >= 0.3 is 8.56 Å². The van der Waals surface area contributed by atoms with Crippen molar-refractivity contribution in [2.75, 3.05) is 0 Å². The van der Waals surface area contributed by atoms with Gasteiger partial charge in [-0.15, -0.1) is 0 Å². The van der Waals surface area contributed by atoms with Crippen LogP contribution < -0.4 is 0 Å². The van der Waals surface area contributed by atoms with Crippen molar-refractivity contribution < 1.29 is 8.54 Å². The molecule has 1 aliphatic rings. The van der Waals surface area contributed by atoms with Crippen LogP contribution in [-0.4, -0.2) is 23.7 Å². The summed E-state index contributed by atoms with van der Waals surface area (Å²) in [6.45, 7) is 8.79. The van der Waals surface area contributed by atoms with Gasteiger partial charge in [0.15, 0.2) is 9.04 Å². The van der Waals surface area contributed by atoms with Crippen molar-refractivity contribution in [3.8, 4) is 0 Å². The van der Waals surface area contributed by atoms with Crippen LogP contribution in [0.25, 0.3) is 0 Å². The average molecular weight is 218 g/mol. The Morgan fingerprint density at radius 1 is 1.15 bits per heavy atom. The molecule has 0 aromatic carbocycles. The zero-order valence-electron chi connectivity index (χ0n) is 9.30. The van der Waals surface area contributed by atoms with Crippen LogP contribution in [0, 0.1) is 0 Å². The van der Waals surface area contributed by atoms with Crippen LogP contribution in [0.5, 0.6) is 0 Å². The van der Waals surface area contributed by atoms with Crippen molar-refractivity contribution in [3.63, 3.8) is 0 Å². The molecule has 78 valence electrons. The summed E-state index contributed by atoms with van der Waals surface area (Å²) >= 11 is 0. The maximum Gasteiger partial charge on any atom is 0.321 e. The summed E-state index contributed by atoms with van der Waals surface area (Å²) in [4.78, 5) is 0. The van der Waals surface area contributed by atoms with Gasteiger partial charge in [-0.3, -0.25) is 0 Å². The van der Waals surface area contributed by atoms with E-state index in [4.69, 9.17) is 8.54 Å². The van der Waals surface area contributed by atoms with E-state index in [1.807, 2.05) is 0 Å². The van der Waals surface area contributed by atoms with Gasteiger partial charge in [-0.25, -0.2) is 0 Å². The van der Waals surface area contributed by atoms with E-state index in [0.717, 1.165) is 0 Å². The second-order valence-corrected chi connectivity index (χ2v) is 10.7. The highest BCUT2D eigenvalue weighted by molar-refractivity contribution is 6.72. The minimum absolute atomic E-state index is 0.509. The van der Waals surface area contributed by atoms with Crippen LogP contribution in [0.3, 0.4) is 0 Å². The molecule has 1 fully saturated rings. The quantitative estimate of drug-likeness (QED) is 0.676. The molecule has 0 unspecified atom stereocenters.